The van der Waals surface area contributed by atoms with E-state index in [9.17, 15) is 14.7 Å². The molecule has 37 heavy (non-hydrogen) atoms. The number of carboxylic acids is 1. The molecule has 0 bridgehead atoms. The predicted octanol–water partition coefficient (Wildman–Crippen LogP) is 3.66. The molecule has 2 fully saturated rings. The summed E-state index contributed by atoms with van der Waals surface area (Å²) in [6.07, 6.45) is 9.58. The number of benzene rings is 1. The Morgan fingerprint density at radius 3 is 2.41 bits per heavy atom. The maximum Gasteiger partial charge on any atom is 0.322 e. The number of carbonyl (C=O) groups is 2. The largest absolute Gasteiger partial charge is 0.504 e. The van der Waals surface area contributed by atoms with E-state index in [-0.39, 0.29) is 17.0 Å². The van der Waals surface area contributed by atoms with Crippen LogP contribution in [0.2, 0.25) is 0 Å². The number of nitrogens with one attached hydrogen (secondary N) is 1. The fraction of sp³-hybridized carbons (Fsp3) is 0.571. The number of piperidine rings is 1. The number of methoxy groups -OCH3 is 1. The average molecular weight is 511 g/mol. The molecule has 1 saturated carbocycles. The van der Waals surface area contributed by atoms with Gasteiger partial charge in [0.2, 0.25) is 0 Å². The van der Waals surface area contributed by atoms with Crippen molar-refractivity contribution in [2.24, 2.45) is 5.92 Å². The van der Waals surface area contributed by atoms with E-state index in [1.54, 1.807) is 6.92 Å². The number of anilines is 1. The summed E-state index contributed by atoms with van der Waals surface area (Å²) in [5, 5.41) is 21.3. The van der Waals surface area contributed by atoms with Crippen molar-refractivity contribution >= 4 is 17.6 Å². The maximum absolute atomic E-state index is 12.3. The highest BCUT2D eigenvalue weighted by Crippen LogP contribution is 2.35. The zero-order valence-electron chi connectivity index (χ0n) is 21.8. The first-order valence-electron chi connectivity index (χ1n) is 13.2. The highest BCUT2D eigenvalue weighted by atomic mass is 16.5. The van der Waals surface area contributed by atoms with Crippen LogP contribution in [0.15, 0.2) is 24.3 Å². The number of carbonyl (C=O) groups excluding carboxylic acids is 1. The van der Waals surface area contributed by atoms with Crippen LogP contribution in [0.25, 0.3) is 0 Å². The topological polar surface area (TPSA) is 125 Å². The second-order valence-corrected chi connectivity index (χ2v) is 10.4. The van der Waals surface area contributed by atoms with Gasteiger partial charge in [0, 0.05) is 38.7 Å². The quantitative estimate of drug-likeness (QED) is 0.467. The normalized spacial score (nSPS) is 17.9. The second-order valence-electron chi connectivity index (χ2n) is 10.4. The summed E-state index contributed by atoms with van der Waals surface area (Å²) in [5.41, 5.74) is 2.68. The number of aromatic hydroxyl groups is 1. The van der Waals surface area contributed by atoms with E-state index in [4.69, 9.17) is 9.84 Å². The van der Waals surface area contributed by atoms with Crippen LogP contribution in [0.4, 0.5) is 5.69 Å². The number of hydrogen-bond donors (Lipinski definition) is 3. The number of aryl methyl sites for hydroxylation is 1. The van der Waals surface area contributed by atoms with Crippen LogP contribution in [0.1, 0.15) is 72.5 Å². The molecule has 1 aliphatic heterocycles. The molecule has 2 aromatic rings. The average Bonchev–Trinajstić information content (AvgIpc) is 2.90. The van der Waals surface area contributed by atoms with Gasteiger partial charge in [0.05, 0.1) is 11.3 Å². The Balaban J connectivity index is 1.33. The summed E-state index contributed by atoms with van der Waals surface area (Å²) in [4.78, 5) is 34.1. The Bertz CT molecular complexity index is 1090. The number of aliphatic carboxylic acids is 1. The van der Waals surface area contributed by atoms with Crippen LogP contribution >= 0.6 is 0 Å². The number of amides is 1. The van der Waals surface area contributed by atoms with Gasteiger partial charge in [-0.05, 0) is 56.2 Å². The molecule has 2 heterocycles. The molecule has 0 atom stereocenters. The van der Waals surface area contributed by atoms with Crippen LogP contribution in [0, 0.1) is 12.8 Å². The lowest BCUT2D eigenvalue weighted by molar-refractivity contribution is -0.135. The zero-order valence-corrected chi connectivity index (χ0v) is 21.8. The molecule has 1 saturated heterocycles. The Kier molecular flexibility index (Phi) is 8.63. The maximum atomic E-state index is 12.3. The van der Waals surface area contributed by atoms with Crippen molar-refractivity contribution in [3.63, 3.8) is 0 Å². The molecule has 4 rings (SSSR count). The van der Waals surface area contributed by atoms with Gasteiger partial charge in [-0.15, -0.1) is 0 Å². The summed E-state index contributed by atoms with van der Waals surface area (Å²) < 4.78 is 5.97. The number of hydrogen-bond acceptors (Lipinski definition) is 7. The van der Waals surface area contributed by atoms with Gasteiger partial charge in [0.25, 0.3) is 5.91 Å². The Morgan fingerprint density at radius 1 is 1.11 bits per heavy atom. The molecule has 2 aliphatic rings. The summed E-state index contributed by atoms with van der Waals surface area (Å²) in [5.74, 6) is -1.34. The standard InChI is InChI=1S/C28H38N4O5/c1-19-26(35)25(27(36)29-18-24(33)34)31-23(30-19)16-20-10-14-32(15-11-20)22-8-6-21(7-9-22)17-28(37-2)12-4-3-5-13-28/h6-9,20,35H,3-5,10-18H2,1-2H3,(H,29,36)(H,33,34). The van der Waals surface area contributed by atoms with Gasteiger partial charge in [-0.25, -0.2) is 9.97 Å². The van der Waals surface area contributed by atoms with Gasteiger partial charge in [0.1, 0.15) is 12.4 Å². The SMILES string of the molecule is COC1(Cc2ccc(N3CCC(Cc4nc(C)c(O)c(C(=O)NCC(=O)O)n4)CC3)cc2)CCCCC1. The first-order chi connectivity index (χ1) is 17.8. The highest BCUT2D eigenvalue weighted by molar-refractivity contribution is 5.96. The number of ether oxygens (including phenoxy) is 1. The molecular weight excluding hydrogens is 472 g/mol. The summed E-state index contributed by atoms with van der Waals surface area (Å²) >= 11 is 0. The van der Waals surface area contributed by atoms with E-state index in [1.165, 1.54) is 30.5 Å². The minimum absolute atomic E-state index is 0.0104. The molecule has 200 valence electrons. The van der Waals surface area contributed by atoms with Gasteiger partial charge >= 0.3 is 5.97 Å². The van der Waals surface area contributed by atoms with E-state index < -0.39 is 18.4 Å². The van der Waals surface area contributed by atoms with Gasteiger partial charge < -0.3 is 25.2 Å². The lowest BCUT2D eigenvalue weighted by Crippen LogP contribution is -2.36. The van der Waals surface area contributed by atoms with E-state index in [1.807, 2.05) is 7.11 Å². The fourth-order valence-corrected chi connectivity index (χ4v) is 5.61. The second kappa shape index (κ2) is 11.9. The summed E-state index contributed by atoms with van der Waals surface area (Å²) in [6, 6.07) is 8.91. The van der Waals surface area contributed by atoms with Gasteiger partial charge in [0.15, 0.2) is 11.4 Å². The molecule has 9 heteroatoms. The van der Waals surface area contributed by atoms with Crippen molar-refractivity contribution in [1.82, 2.24) is 15.3 Å². The van der Waals surface area contributed by atoms with E-state index >= 15 is 0 Å². The molecule has 1 aliphatic carbocycles. The summed E-state index contributed by atoms with van der Waals surface area (Å²) in [7, 11) is 1.85. The van der Waals surface area contributed by atoms with Crippen molar-refractivity contribution in [2.45, 2.75) is 70.3 Å². The molecule has 3 N–H and O–H groups in total. The van der Waals surface area contributed by atoms with Crippen molar-refractivity contribution in [3.8, 4) is 5.75 Å². The van der Waals surface area contributed by atoms with Gasteiger partial charge in [-0.1, -0.05) is 31.4 Å². The Morgan fingerprint density at radius 2 is 1.78 bits per heavy atom. The number of carboxylic acid groups (broad SMARTS) is 1. The third kappa shape index (κ3) is 6.77. The highest BCUT2D eigenvalue weighted by Gasteiger charge is 2.32. The van der Waals surface area contributed by atoms with Crippen molar-refractivity contribution in [3.05, 3.63) is 47.0 Å². The van der Waals surface area contributed by atoms with Crippen LogP contribution in [0.5, 0.6) is 5.75 Å². The van der Waals surface area contributed by atoms with Crippen molar-refractivity contribution in [2.75, 3.05) is 31.6 Å². The Labute approximate surface area is 218 Å². The number of aromatic nitrogens is 2. The molecule has 0 spiro atoms. The minimum atomic E-state index is -1.16. The predicted molar refractivity (Wildman–Crippen MR) is 140 cm³/mol. The third-order valence-corrected chi connectivity index (χ3v) is 7.83. The molecule has 9 nitrogen and oxygen atoms in total. The van der Waals surface area contributed by atoms with Crippen molar-refractivity contribution < 1.29 is 24.5 Å². The van der Waals surface area contributed by atoms with Crippen LogP contribution < -0.4 is 10.2 Å². The van der Waals surface area contributed by atoms with Crippen LogP contribution in [0.3, 0.4) is 0 Å². The van der Waals surface area contributed by atoms with E-state index in [0.29, 0.717) is 23.9 Å². The molecule has 0 radical (unpaired) electrons. The zero-order chi connectivity index (χ0) is 26.4. The summed E-state index contributed by atoms with van der Waals surface area (Å²) in [6.45, 7) is 2.93. The minimum Gasteiger partial charge on any atom is -0.504 e. The lowest BCUT2D eigenvalue weighted by Gasteiger charge is -2.36. The molecule has 0 unspecified atom stereocenters. The van der Waals surface area contributed by atoms with Crippen LogP contribution in [-0.4, -0.2) is 64.4 Å². The van der Waals surface area contributed by atoms with Gasteiger partial charge in [-0.2, -0.15) is 0 Å². The molecule has 1 aromatic carbocycles. The number of nitrogens with zero attached hydrogens (tertiary/aromatic N) is 3. The molecule has 1 amide bonds. The lowest BCUT2D eigenvalue weighted by atomic mass is 9.80. The molecule has 1 aromatic heterocycles. The van der Waals surface area contributed by atoms with Gasteiger partial charge in [-0.3, -0.25) is 9.59 Å². The molecular formula is C28H38N4O5. The number of rotatable bonds is 9. The third-order valence-electron chi connectivity index (χ3n) is 7.83. The smallest absolute Gasteiger partial charge is 0.322 e. The fourth-order valence-electron chi connectivity index (χ4n) is 5.61. The first kappa shape index (κ1) is 26.9. The Hall–Kier alpha value is -3.20. The van der Waals surface area contributed by atoms with E-state index in [0.717, 1.165) is 45.2 Å². The van der Waals surface area contributed by atoms with Crippen molar-refractivity contribution in [1.29, 1.82) is 0 Å². The monoisotopic (exact) mass is 510 g/mol. The van der Waals surface area contributed by atoms with E-state index in [2.05, 4.69) is 44.5 Å². The first-order valence-corrected chi connectivity index (χ1v) is 13.2. The van der Waals surface area contributed by atoms with Crippen LogP contribution in [-0.2, 0) is 22.4 Å².